The fourth-order valence-corrected chi connectivity index (χ4v) is 2.40. The van der Waals surface area contributed by atoms with E-state index < -0.39 is 4.92 Å². The maximum absolute atomic E-state index is 12.2. The van der Waals surface area contributed by atoms with Gasteiger partial charge in [-0.15, -0.1) is 0 Å². The maximum atomic E-state index is 12.2. The second-order valence-electron chi connectivity index (χ2n) is 5.89. The van der Waals surface area contributed by atoms with Gasteiger partial charge >= 0.3 is 0 Å². The molecule has 0 unspecified atom stereocenters. The van der Waals surface area contributed by atoms with E-state index in [1.54, 1.807) is 0 Å². The highest BCUT2D eigenvalue weighted by Crippen LogP contribution is 2.21. The number of rotatable bonds is 6. The molecule has 0 saturated heterocycles. The van der Waals surface area contributed by atoms with E-state index in [0.29, 0.717) is 24.3 Å². The summed E-state index contributed by atoms with van der Waals surface area (Å²) in [6.45, 7) is 8.96. The Hall–Kier alpha value is -2.11. The van der Waals surface area contributed by atoms with E-state index in [-0.39, 0.29) is 22.8 Å². The molecule has 0 fully saturated rings. The molecular weight excluding hydrogens is 270 g/mol. The third-order valence-corrected chi connectivity index (χ3v) is 3.70. The predicted octanol–water partition coefficient (Wildman–Crippen LogP) is 2.84. The number of nitro groups is 1. The quantitative estimate of drug-likeness (QED) is 0.478. The summed E-state index contributed by atoms with van der Waals surface area (Å²) in [4.78, 5) is 22.4. The van der Waals surface area contributed by atoms with E-state index in [9.17, 15) is 14.9 Å². The lowest BCUT2D eigenvalue weighted by Crippen LogP contribution is -2.34. The van der Waals surface area contributed by atoms with E-state index >= 15 is 0 Å². The normalized spacial score (nSPS) is 11.2. The molecule has 116 valence electrons. The van der Waals surface area contributed by atoms with Crippen LogP contribution in [0, 0.1) is 27.9 Å². The summed E-state index contributed by atoms with van der Waals surface area (Å²) in [6.07, 6.45) is 0. The average Bonchev–Trinajstić information content (AvgIpc) is 2.37. The summed E-state index contributed by atoms with van der Waals surface area (Å²) in [6, 6.07) is 3.89. The summed E-state index contributed by atoms with van der Waals surface area (Å²) in [5, 5.41) is 13.6. The van der Waals surface area contributed by atoms with Crippen molar-refractivity contribution in [3.05, 3.63) is 33.9 Å². The number of amides is 1. The fourth-order valence-electron chi connectivity index (χ4n) is 2.40. The third-order valence-electron chi connectivity index (χ3n) is 3.70. The van der Waals surface area contributed by atoms with Gasteiger partial charge in [-0.05, 0) is 23.8 Å². The van der Waals surface area contributed by atoms with Gasteiger partial charge in [0, 0.05) is 24.4 Å². The van der Waals surface area contributed by atoms with Crippen LogP contribution in [-0.4, -0.2) is 17.4 Å². The lowest BCUT2D eigenvalue weighted by Gasteiger charge is -2.25. The molecule has 6 nitrogen and oxygen atoms in total. The van der Waals surface area contributed by atoms with Gasteiger partial charge in [-0.1, -0.05) is 27.7 Å². The molecule has 1 amide bonds. The molecule has 0 atom stereocenters. The number of carbonyl (C=O) groups is 1. The number of nitrogen functional groups attached to an aromatic ring is 1. The van der Waals surface area contributed by atoms with Gasteiger partial charge in [0.25, 0.3) is 11.6 Å². The number of nitrogens with one attached hydrogen (secondary N) is 1. The molecule has 1 aromatic carbocycles. The zero-order valence-corrected chi connectivity index (χ0v) is 12.9. The summed E-state index contributed by atoms with van der Waals surface area (Å²) in [7, 11) is 0. The summed E-state index contributed by atoms with van der Waals surface area (Å²) >= 11 is 0. The number of anilines is 1. The van der Waals surface area contributed by atoms with Crippen LogP contribution >= 0.6 is 0 Å². The molecule has 6 heteroatoms. The highest BCUT2D eigenvalue weighted by atomic mass is 16.6. The molecule has 0 aliphatic heterocycles. The smallest absolute Gasteiger partial charge is 0.270 e. The van der Waals surface area contributed by atoms with Crippen LogP contribution in [0.1, 0.15) is 38.1 Å². The Morgan fingerprint density at radius 3 is 2.33 bits per heavy atom. The predicted molar refractivity (Wildman–Crippen MR) is 83.0 cm³/mol. The van der Waals surface area contributed by atoms with Gasteiger partial charge in [-0.25, -0.2) is 0 Å². The Balaban J connectivity index is 2.84. The summed E-state index contributed by atoms with van der Waals surface area (Å²) in [5.74, 6) is 0.844. The first-order valence-electron chi connectivity index (χ1n) is 7.06. The molecule has 0 bridgehead atoms. The zero-order chi connectivity index (χ0) is 16.2. The number of carbonyl (C=O) groups excluding carboxylic acids is 1. The van der Waals surface area contributed by atoms with Gasteiger partial charge in [0.15, 0.2) is 0 Å². The molecule has 0 heterocycles. The molecule has 1 aromatic rings. The SMILES string of the molecule is CC(C)C(CNC(=O)c1cc([N+](=O)[O-])ccc1N)C(C)C. The van der Waals surface area contributed by atoms with Crippen molar-refractivity contribution in [3.63, 3.8) is 0 Å². The second-order valence-corrected chi connectivity index (χ2v) is 5.89. The van der Waals surface area contributed by atoms with Gasteiger partial charge < -0.3 is 11.1 Å². The van der Waals surface area contributed by atoms with Crippen LogP contribution < -0.4 is 11.1 Å². The Morgan fingerprint density at radius 2 is 1.86 bits per heavy atom. The van der Waals surface area contributed by atoms with E-state index in [1.807, 2.05) is 0 Å². The molecule has 3 N–H and O–H groups in total. The van der Waals surface area contributed by atoms with Crippen molar-refractivity contribution in [2.24, 2.45) is 17.8 Å². The van der Waals surface area contributed by atoms with Crippen LogP contribution in [0.4, 0.5) is 11.4 Å². The van der Waals surface area contributed by atoms with Crippen molar-refractivity contribution in [2.75, 3.05) is 12.3 Å². The molecule has 0 aromatic heterocycles. The third kappa shape index (κ3) is 4.44. The van der Waals surface area contributed by atoms with Crippen LogP contribution in [0.15, 0.2) is 18.2 Å². The number of non-ortho nitro benzene ring substituents is 1. The number of nitrogens with two attached hydrogens (primary N) is 1. The Morgan fingerprint density at radius 1 is 1.29 bits per heavy atom. The van der Waals surface area contributed by atoms with Crippen LogP contribution in [0.3, 0.4) is 0 Å². The van der Waals surface area contributed by atoms with Crippen molar-refractivity contribution < 1.29 is 9.72 Å². The van der Waals surface area contributed by atoms with Gasteiger partial charge in [0.1, 0.15) is 0 Å². The van der Waals surface area contributed by atoms with Gasteiger partial charge in [-0.3, -0.25) is 14.9 Å². The summed E-state index contributed by atoms with van der Waals surface area (Å²) in [5.41, 5.74) is 5.98. The van der Waals surface area contributed by atoms with Gasteiger partial charge in [0.05, 0.1) is 10.5 Å². The standard InChI is InChI=1S/C15H23N3O3/c1-9(2)13(10(3)4)8-17-15(19)12-7-11(18(20)21)5-6-14(12)16/h5-7,9-10,13H,8,16H2,1-4H3,(H,17,19). The van der Waals surface area contributed by atoms with Gasteiger partial charge in [-0.2, -0.15) is 0 Å². The van der Waals surface area contributed by atoms with Crippen LogP contribution in [0.2, 0.25) is 0 Å². The molecule has 0 aliphatic rings. The van der Waals surface area contributed by atoms with E-state index in [4.69, 9.17) is 5.73 Å². The van der Waals surface area contributed by atoms with Crippen molar-refractivity contribution in [1.82, 2.24) is 5.32 Å². The first-order chi connectivity index (χ1) is 9.73. The fraction of sp³-hybridized carbons (Fsp3) is 0.533. The number of hydrogen-bond donors (Lipinski definition) is 2. The van der Waals surface area contributed by atoms with Crippen molar-refractivity contribution >= 4 is 17.3 Å². The first-order valence-corrected chi connectivity index (χ1v) is 7.06. The molecule has 21 heavy (non-hydrogen) atoms. The van der Waals surface area contributed by atoms with Crippen molar-refractivity contribution in [2.45, 2.75) is 27.7 Å². The van der Waals surface area contributed by atoms with E-state index in [2.05, 4.69) is 33.0 Å². The monoisotopic (exact) mass is 293 g/mol. The van der Waals surface area contributed by atoms with Crippen LogP contribution in [0.25, 0.3) is 0 Å². The van der Waals surface area contributed by atoms with Crippen LogP contribution in [0.5, 0.6) is 0 Å². The molecule has 0 saturated carbocycles. The molecule has 0 radical (unpaired) electrons. The number of benzene rings is 1. The number of hydrogen-bond acceptors (Lipinski definition) is 4. The Labute approximate surface area is 124 Å². The highest BCUT2D eigenvalue weighted by molar-refractivity contribution is 5.99. The lowest BCUT2D eigenvalue weighted by molar-refractivity contribution is -0.384. The molecule has 0 aliphatic carbocycles. The maximum Gasteiger partial charge on any atom is 0.270 e. The largest absolute Gasteiger partial charge is 0.398 e. The highest BCUT2D eigenvalue weighted by Gasteiger charge is 2.20. The number of nitro benzene ring substituents is 1. The second kappa shape index (κ2) is 7.06. The van der Waals surface area contributed by atoms with Crippen molar-refractivity contribution in [3.8, 4) is 0 Å². The number of nitrogens with zero attached hydrogens (tertiary/aromatic N) is 1. The molecule has 1 rings (SSSR count). The Bertz CT molecular complexity index is 519. The van der Waals surface area contributed by atoms with E-state index in [1.165, 1.54) is 18.2 Å². The minimum atomic E-state index is -0.540. The Kier molecular flexibility index (Phi) is 5.69. The average molecular weight is 293 g/mol. The minimum Gasteiger partial charge on any atom is -0.398 e. The molecular formula is C15H23N3O3. The zero-order valence-electron chi connectivity index (χ0n) is 12.9. The first kappa shape index (κ1) is 16.9. The molecule has 0 spiro atoms. The van der Waals surface area contributed by atoms with Crippen molar-refractivity contribution in [1.29, 1.82) is 0 Å². The van der Waals surface area contributed by atoms with Gasteiger partial charge in [0.2, 0.25) is 0 Å². The summed E-state index contributed by atoms with van der Waals surface area (Å²) < 4.78 is 0. The topological polar surface area (TPSA) is 98.3 Å². The lowest BCUT2D eigenvalue weighted by atomic mass is 9.85. The van der Waals surface area contributed by atoms with E-state index in [0.717, 1.165) is 0 Å². The minimum absolute atomic E-state index is 0.140. The van der Waals surface area contributed by atoms with Crippen LogP contribution in [-0.2, 0) is 0 Å².